The van der Waals surface area contributed by atoms with E-state index in [1.54, 1.807) is 0 Å². The summed E-state index contributed by atoms with van der Waals surface area (Å²) in [6, 6.07) is 51.0. The maximum absolute atomic E-state index is 6.57. The highest BCUT2D eigenvalue weighted by atomic mass is 16.5. The normalized spacial score (nSPS) is 15.9. The lowest BCUT2D eigenvalue weighted by atomic mass is 9.94. The lowest BCUT2D eigenvalue weighted by molar-refractivity contribution is 0.141. The van der Waals surface area contributed by atoms with Crippen LogP contribution in [0.5, 0.6) is 5.75 Å². The van der Waals surface area contributed by atoms with Crippen LogP contribution in [0.3, 0.4) is 0 Å². The molecular weight excluding hydrogens is 639 g/mol. The number of anilines is 2. The van der Waals surface area contributed by atoms with Gasteiger partial charge in [0.2, 0.25) is 0 Å². The molecule has 4 heteroatoms. The number of benzene rings is 7. The van der Waals surface area contributed by atoms with Crippen molar-refractivity contribution in [1.82, 2.24) is 0 Å². The first kappa shape index (κ1) is 30.3. The van der Waals surface area contributed by atoms with Crippen molar-refractivity contribution < 1.29 is 13.6 Å². The van der Waals surface area contributed by atoms with Gasteiger partial charge in [-0.1, -0.05) is 91.0 Å². The Morgan fingerprint density at radius 3 is 2.06 bits per heavy atom. The van der Waals surface area contributed by atoms with Crippen LogP contribution >= 0.6 is 0 Å². The number of aryl methyl sites for hydroxylation is 1. The zero-order valence-corrected chi connectivity index (χ0v) is 29.0. The van der Waals surface area contributed by atoms with Gasteiger partial charge >= 0.3 is 0 Å². The molecule has 7 aromatic carbocycles. The van der Waals surface area contributed by atoms with Crippen LogP contribution in [0.25, 0.3) is 65.8 Å². The van der Waals surface area contributed by atoms with E-state index in [1.165, 1.54) is 21.7 Å². The Labute approximate surface area is 301 Å². The lowest BCUT2D eigenvalue weighted by Gasteiger charge is -2.33. The Balaban J connectivity index is 1.02. The molecule has 0 saturated carbocycles. The minimum atomic E-state index is -0.460. The van der Waals surface area contributed by atoms with Crippen molar-refractivity contribution in [2.75, 3.05) is 4.90 Å². The molecule has 10 rings (SSSR count). The Morgan fingerprint density at radius 2 is 1.25 bits per heavy atom. The highest BCUT2D eigenvalue weighted by molar-refractivity contribution is 6.19. The van der Waals surface area contributed by atoms with Gasteiger partial charge < -0.3 is 18.5 Å². The van der Waals surface area contributed by atoms with Crippen molar-refractivity contribution in [3.8, 4) is 16.9 Å². The highest BCUT2D eigenvalue weighted by Gasteiger charge is 2.28. The number of ether oxygens (including phenoxy) is 1. The van der Waals surface area contributed by atoms with Gasteiger partial charge in [0, 0.05) is 51.1 Å². The van der Waals surface area contributed by atoms with E-state index in [1.807, 2.05) is 42.5 Å². The Bertz CT molecular complexity index is 2890. The Morgan fingerprint density at radius 1 is 0.577 bits per heavy atom. The first-order valence-corrected chi connectivity index (χ1v) is 17.8. The molecule has 2 aromatic heterocycles. The number of rotatable bonds is 6. The molecule has 0 N–H and O–H groups in total. The van der Waals surface area contributed by atoms with Gasteiger partial charge in [-0.2, -0.15) is 0 Å². The molecule has 9 aromatic rings. The molecule has 52 heavy (non-hydrogen) atoms. The van der Waals surface area contributed by atoms with Gasteiger partial charge in [0.05, 0.1) is 0 Å². The van der Waals surface area contributed by atoms with Gasteiger partial charge in [0.15, 0.2) is 0 Å². The van der Waals surface area contributed by atoms with Crippen molar-refractivity contribution in [3.63, 3.8) is 0 Å². The standard InChI is InChI=1S/C48H35NO3/c1-31-9-3-6-12-42(31)52-48(2)27-25-36(26-28-48)49(37-21-23-40-39-10-4-7-13-43(39)51-46(40)30-37)35-19-15-32(16-20-35)33-17-22-38-34(29-33)18-24-45-47(38)41-11-5-8-14-44(41)50-45/h3-27,29-30H,28H2,1-2H3. The summed E-state index contributed by atoms with van der Waals surface area (Å²) < 4.78 is 19.1. The molecular formula is C48H35NO3. The predicted octanol–water partition coefficient (Wildman–Crippen LogP) is 13.4. The van der Waals surface area contributed by atoms with Crippen molar-refractivity contribution in [2.24, 2.45) is 0 Å². The van der Waals surface area contributed by atoms with E-state index < -0.39 is 5.60 Å². The van der Waals surface area contributed by atoms with Gasteiger partial charge in [-0.15, -0.1) is 0 Å². The number of allylic oxidation sites excluding steroid dienone is 1. The number of hydrogen-bond donors (Lipinski definition) is 0. The third kappa shape index (κ3) is 5.06. The molecule has 0 saturated heterocycles. The van der Waals surface area contributed by atoms with E-state index in [4.69, 9.17) is 13.6 Å². The van der Waals surface area contributed by atoms with E-state index in [9.17, 15) is 0 Å². The lowest BCUT2D eigenvalue weighted by Crippen LogP contribution is -2.32. The Hall–Kier alpha value is -6.52. The van der Waals surface area contributed by atoms with Crippen LogP contribution in [0, 0.1) is 6.92 Å². The minimum Gasteiger partial charge on any atom is -0.483 e. The summed E-state index contributed by atoms with van der Waals surface area (Å²) in [7, 11) is 0. The molecule has 1 unspecified atom stereocenters. The van der Waals surface area contributed by atoms with Crippen molar-refractivity contribution in [2.45, 2.75) is 25.9 Å². The van der Waals surface area contributed by atoms with Crippen molar-refractivity contribution in [3.05, 3.63) is 175 Å². The SMILES string of the molecule is Cc1ccccc1OC1(C)C=CC(N(c2ccc(-c3ccc4c(ccc5oc6ccccc6c54)c3)cc2)c2ccc3c(c2)oc2ccccc23)=CC1. The van der Waals surface area contributed by atoms with E-state index in [0.29, 0.717) is 0 Å². The minimum absolute atomic E-state index is 0.460. The fourth-order valence-corrected chi connectivity index (χ4v) is 7.71. The van der Waals surface area contributed by atoms with Crippen molar-refractivity contribution in [1.29, 1.82) is 0 Å². The first-order chi connectivity index (χ1) is 25.5. The molecule has 0 bridgehead atoms. The maximum atomic E-state index is 6.57. The fourth-order valence-electron chi connectivity index (χ4n) is 7.71. The largest absolute Gasteiger partial charge is 0.483 e. The number of furan rings is 2. The molecule has 4 nitrogen and oxygen atoms in total. The summed E-state index contributed by atoms with van der Waals surface area (Å²) in [5.74, 6) is 0.908. The summed E-state index contributed by atoms with van der Waals surface area (Å²) >= 11 is 0. The molecule has 0 aliphatic heterocycles. The third-order valence-electron chi connectivity index (χ3n) is 10.5. The van der Waals surface area contributed by atoms with Gasteiger partial charge in [-0.25, -0.2) is 0 Å². The zero-order chi connectivity index (χ0) is 34.8. The van der Waals surface area contributed by atoms with Gasteiger partial charge in [-0.05, 0) is 108 Å². The van der Waals surface area contributed by atoms with E-state index in [-0.39, 0.29) is 0 Å². The topological polar surface area (TPSA) is 38.8 Å². The third-order valence-corrected chi connectivity index (χ3v) is 10.5. The number of para-hydroxylation sites is 3. The van der Waals surface area contributed by atoms with Gasteiger partial charge in [-0.3, -0.25) is 0 Å². The van der Waals surface area contributed by atoms with Gasteiger partial charge in [0.1, 0.15) is 33.7 Å². The van der Waals surface area contributed by atoms with Crippen LogP contribution in [0.4, 0.5) is 11.4 Å². The second kappa shape index (κ2) is 11.8. The smallest absolute Gasteiger partial charge is 0.137 e. The highest BCUT2D eigenvalue weighted by Crippen LogP contribution is 2.40. The quantitative estimate of drug-likeness (QED) is 0.176. The average Bonchev–Trinajstić information content (AvgIpc) is 3.75. The van der Waals surface area contributed by atoms with Crippen LogP contribution in [-0.4, -0.2) is 5.60 Å². The molecule has 2 heterocycles. The monoisotopic (exact) mass is 673 g/mol. The molecule has 1 aliphatic carbocycles. The molecule has 0 spiro atoms. The van der Waals surface area contributed by atoms with Crippen LogP contribution in [0.2, 0.25) is 0 Å². The second-order valence-electron chi connectivity index (χ2n) is 14.0. The summed E-state index contributed by atoms with van der Waals surface area (Å²) in [4.78, 5) is 2.31. The van der Waals surface area contributed by atoms with E-state index in [0.717, 1.165) is 78.9 Å². The van der Waals surface area contributed by atoms with Gasteiger partial charge in [0.25, 0.3) is 0 Å². The molecule has 0 fully saturated rings. The van der Waals surface area contributed by atoms with Crippen LogP contribution in [0.1, 0.15) is 18.9 Å². The van der Waals surface area contributed by atoms with Crippen LogP contribution in [-0.2, 0) is 0 Å². The fraction of sp³-hybridized carbons (Fsp3) is 0.0833. The molecule has 1 atom stereocenters. The summed E-state index contributed by atoms with van der Waals surface area (Å²) in [6.07, 6.45) is 7.37. The number of hydrogen-bond acceptors (Lipinski definition) is 4. The van der Waals surface area contributed by atoms with Crippen molar-refractivity contribution >= 4 is 66.0 Å². The summed E-state index contributed by atoms with van der Waals surface area (Å²) in [6.45, 7) is 4.23. The Kier molecular flexibility index (Phi) is 6.87. The van der Waals surface area contributed by atoms with E-state index >= 15 is 0 Å². The summed E-state index contributed by atoms with van der Waals surface area (Å²) in [5.41, 5.74) is 9.75. The molecule has 250 valence electrons. The predicted molar refractivity (Wildman–Crippen MR) is 215 cm³/mol. The first-order valence-electron chi connectivity index (χ1n) is 17.8. The second-order valence-corrected chi connectivity index (χ2v) is 14.0. The van der Waals surface area contributed by atoms with Crippen LogP contribution in [0.15, 0.2) is 178 Å². The van der Waals surface area contributed by atoms with Crippen LogP contribution < -0.4 is 9.64 Å². The average molecular weight is 674 g/mol. The molecule has 0 radical (unpaired) electrons. The summed E-state index contributed by atoms with van der Waals surface area (Å²) in [5, 5.41) is 6.94. The molecule has 1 aliphatic rings. The number of fused-ring (bicyclic) bond motifs is 8. The van der Waals surface area contributed by atoms with E-state index in [2.05, 4.69) is 140 Å². The number of nitrogens with zero attached hydrogens (tertiary/aromatic N) is 1. The zero-order valence-electron chi connectivity index (χ0n) is 29.0. The molecule has 0 amide bonds. The maximum Gasteiger partial charge on any atom is 0.137 e.